The van der Waals surface area contributed by atoms with Crippen LogP contribution in [0.3, 0.4) is 0 Å². The molecule has 6 nitrogen and oxygen atoms in total. The van der Waals surface area contributed by atoms with Gasteiger partial charge in [0.05, 0.1) is 22.2 Å². The van der Waals surface area contributed by atoms with Gasteiger partial charge in [-0.15, -0.1) is 0 Å². The summed E-state index contributed by atoms with van der Waals surface area (Å²) in [6, 6.07) is 21.7. The van der Waals surface area contributed by atoms with E-state index >= 15 is 0 Å². The van der Waals surface area contributed by atoms with Gasteiger partial charge >= 0.3 is 0 Å². The molecule has 5 rings (SSSR count). The zero-order valence-electron chi connectivity index (χ0n) is 17.5. The molecule has 8 heteroatoms. The van der Waals surface area contributed by atoms with Crippen molar-refractivity contribution < 1.29 is 13.2 Å². The predicted molar refractivity (Wildman–Crippen MR) is 132 cm³/mol. The molecule has 0 radical (unpaired) electrons. The number of pyridine rings is 1. The number of aromatic nitrogens is 1. The van der Waals surface area contributed by atoms with Crippen molar-refractivity contribution in [3.8, 4) is 11.3 Å². The number of hydrogen-bond acceptors (Lipinski definition) is 4. The summed E-state index contributed by atoms with van der Waals surface area (Å²) < 4.78 is 25.6. The molecule has 166 valence electrons. The molecule has 3 aromatic carbocycles. The summed E-state index contributed by atoms with van der Waals surface area (Å²) in [5.41, 5.74) is 3.04. The minimum Gasteiger partial charge on any atom is -0.322 e. The molecule has 1 aliphatic rings. The highest BCUT2D eigenvalue weighted by Gasteiger charge is 2.28. The first-order chi connectivity index (χ1) is 15.9. The van der Waals surface area contributed by atoms with Crippen LogP contribution in [0.5, 0.6) is 0 Å². The van der Waals surface area contributed by atoms with Gasteiger partial charge in [-0.3, -0.25) is 14.1 Å². The first-order valence-electron chi connectivity index (χ1n) is 10.5. The van der Waals surface area contributed by atoms with Crippen LogP contribution in [0.1, 0.15) is 16.8 Å². The highest BCUT2D eigenvalue weighted by molar-refractivity contribution is 7.93. The van der Waals surface area contributed by atoms with Crippen LogP contribution >= 0.6 is 11.6 Å². The maximum Gasteiger partial charge on any atom is 0.255 e. The summed E-state index contributed by atoms with van der Waals surface area (Å²) in [5, 5.41) is 5.45. The first-order valence-corrected chi connectivity index (χ1v) is 12.5. The van der Waals surface area contributed by atoms with Crippen LogP contribution in [0.2, 0.25) is 5.02 Å². The third kappa shape index (κ3) is 4.17. The summed E-state index contributed by atoms with van der Waals surface area (Å²) in [5.74, 6) is -0.148. The van der Waals surface area contributed by atoms with Gasteiger partial charge in [0.1, 0.15) is 0 Å². The molecular weight excluding hydrogens is 458 g/mol. The average molecular weight is 478 g/mol. The van der Waals surface area contributed by atoms with Gasteiger partial charge in [0, 0.05) is 34.9 Å². The van der Waals surface area contributed by atoms with Gasteiger partial charge in [-0.2, -0.15) is 0 Å². The van der Waals surface area contributed by atoms with Crippen molar-refractivity contribution in [3.63, 3.8) is 0 Å². The van der Waals surface area contributed by atoms with Crippen molar-refractivity contribution >= 4 is 49.7 Å². The lowest BCUT2D eigenvalue weighted by molar-refractivity contribution is 0.102. The van der Waals surface area contributed by atoms with Crippen molar-refractivity contribution in [1.82, 2.24) is 4.98 Å². The van der Waals surface area contributed by atoms with Crippen LogP contribution < -0.4 is 9.62 Å². The lowest BCUT2D eigenvalue weighted by Crippen LogP contribution is -2.25. The van der Waals surface area contributed by atoms with Gasteiger partial charge < -0.3 is 5.32 Å². The molecule has 1 fully saturated rings. The number of rotatable bonds is 4. The number of nitrogens with one attached hydrogen (secondary N) is 1. The van der Waals surface area contributed by atoms with E-state index in [1.165, 1.54) is 4.31 Å². The normalized spacial score (nSPS) is 15.0. The Morgan fingerprint density at radius 2 is 1.79 bits per heavy atom. The van der Waals surface area contributed by atoms with Gasteiger partial charge in [-0.25, -0.2) is 8.42 Å². The summed E-state index contributed by atoms with van der Waals surface area (Å²) in [4.78, 5) is 17.4. The second-order valence-electron chi connectivity index (χ2n) is 7.82. The third-order valence-electron chi connectivity index (χ3n) is 5.67. The first kappa shape index (κ1) is 21.4. The zero-order chi connectivity index (χ0) is 23.0. The molecule has 0 bridgehead atoms. The maximum absolute atomic E-state index is 12.8. The number of halogens is 1. The Labute approximate surface area is 196 Å². The average Bonchev–Trinajstić information content (AvgIpc) is 3.19. The van der Waals surface area contributed by atoms with E-state index in [1.807, 2.05) is 30.3 Å². The highest BCUT2D eigenvalue weighted by Crippen LogP contribution is 2.34. The van der Waals surface area contributed by atoms with Crippen molar-refractivity contribution in [3.05, 3.63) is 89.6 Å². The molecule has 1 N–H and O–H groups in total. The molecule has 1 amide bonds. The standard InChI is InChI=1S/C25H20ClN3O3S/c26-23-11-8-19(16-22(23)24-21-5-2-1-4-17(21)12-13-27-24)28-25(30)18-6-9-20(10-7-18)29-14-3-15-33(29,31)32/h1-2,4-13,16H,3,14-15H2,(H,28,30). The molecule has 0 atom stereocenters. The molecule has 4 aromatic rings. The second kappa shape index (κ2) is 8.50. The van der Waals surface area contributed by atoms with Crippen LogP contribution in [-0.2, 0) is 10.0 Å². The SMILES string of the molecule is O=C(Nc1ccc(Cl)c(-c2nccc3ccccc23)c1)c1ccc(N2CCCS2(=O)=O)cc1. The largest absolute Gasteiger partial charge is 0.322 e. The Morgan fingerprint density at radius 1 is 1.00 bits per heavy atom. The summed E-state index contributed by atoms with van der Waals surface area (Å²) >= 11 is 6.48. The number of amides is 1. The van der Waals surface area contributed by atoms with Crippen molar-refractivity contribution in [1.29, 1.82) is 0 Å². The van der Waals surface area contributed by atoms with E-state index in [1.54, 1.807) is 48.7 Å². The Balaban J connectivity index is 1.40. The number of anilines is 2. The third-order valence-corrected chi connectivity index (χ3v) is 7.87. The van der Waals surface area contributed by atoms with Crippen molar-refractivity contribution in [2.24, 2.45) is 0 Å². The molecule has 1 aromatic heterocycles. The topological polar surface area (TPSA) is 79.4 Å². The Bertz CT molecular complexity index is 1470. The summed E-state index contributed by atoms with van der Waals surface area (Å²) in [6.45, 7) is 0.462. The fraction of sp³-hybridized carbons (Fsp3) is 0.120. The number of carbonyl (C=O) groups excluding carboxylic acids is 1. The molecule has 0 spiro atoms. The van der Waals surface area contributed by atoms with E-state index in [0.717, 1.165) is 22.0 Å². The molecule has 0 aliphatic carbocycles. The Hall–Kier alpha value is -3.42. The minimum atomic E-state index is -3.26. The lowest BCUT2D eigenvalue weighted by Gasteiger charge is -2.17. The molecule has 0 unspecified atom stereocenters. The fourth-order valence-corrected chi connectivity index (χ4v) is 5.80. The molecule has 1 saturated heterocycles. The summed E-state index contributed by atoms with van der Waals surface area (Å²) in [7, 11) is -3.26. The quantitative estimate of drug-likeness (QED) is 0.430. The maximum atomic E-state index is 12.8. The lowest BCUT2D eigenvalue weighted by atomic mass is 10.0. The smallest absolute Gasteiger partial charge is 0.255 e. The predicted octanol–water partition coefficient (Wildman–Crippen LogP) is 5.35. The van der Waals surface area contributed by atoms with Gasteiger partial charge in [-0.1, -0.05) is 35.9 Å². The number of nitrogens with zero attached hydrogens (tertiary/aromatic N) is 2. The minimum absolute atomic E-state index is 0.152. The highest BCUT2D eigenvalue weighted by atomic mass is 35.5. The Kier molecular flexibility index (Phi) is 5.52. The number of carbonyl (C=O) groups is 1. The van der Waals surface area contributed by atoms with Gasteiger partial charge in [-0.05, 0) is 60.3 Å². The number of benzene rings is 3. The molecular formula is C25H20ClN3O3S. The molecule has 0 saturated carbocycles. The summed E-state index contributed by atoms with van der Waals surface area (Å²) in [6.07, 6.45) is 2.34. The van der Waals surface area contributed by atoms with Crippen LogP contribution in [0, 0.1) is 0 Å². The monoisotopic (exact) mass is 477 g/mol. The van der Waals surface area contributed by atoms with Crippen molar-refractivity contribution in [2.45, 2.75) is 6.42 Å². The van der Waals surface area contributed by atoms with E-state index in [9.17, 15) is 13.2 Å². The van der Waals surface area contributed by atoms with E-state index in [-0.39, 0.29) is 11.7 Å². The van der Waals surface area contributed by atoms with Crippen LogP contribution in [0.25, 0.3) is 22.0 Å². The van der Waals surface area contributed by atoms with Crippen molar-refractivity contribution in [2.75, 3.05) is 21.9 Å². The van der Waals surface area contributed by atoms with E-state index in [0.29, 0.717) is 34.9 Å². The van der Waals surface area contributed by atoms with E-state index in [4.69, 9.17) is 11.6 Å². The van der Waals surface area contributed by atoms with E-state index in [2.05, 4.69) is 10.3 Å². The van der Waals surface area contributed by atoms with Crippen LogP contribution in [0.15, 0.2) is 79.0 Å². The number of hydrogen-bond donors (Lipinski definition) is 1. The van der Waals surface area contributed by atoms with Gasteiger partial charge in [0.25, 0.3) is 5.91 Å². The fourth-order valence-electron chi connectivity index (χ4n) is 4.03. The van der Waals surface area contributed by atoms with Crippen LogP contribution in [0.4, 0.5) is 11.4 Å². The molecule has 2 heterocycles. The van der Waals surface area contributed by atoms with E-state index < -0.39 is 10.0 Å². The Morgan fingerprint density at radius 3 is 2.55 bits per heavy atom. The number of sulfonamides is 1. The van der Waals surface area contributed by atoms with Crippen LogP contribution in [-0.4, -0.2) is 31.6 Å². The zero-order valence-corrected chi connectivity index (χ0v) is 19.1. The molecule has 33 heavy (non-hydrogen) atoms. The van der Waals surface area contributed by atoms with Gasteiger partial charge in [0.2, 0.25) is 10.0 Å². The van der Waals surface area contributed by atoms with Gasteiger partial charge in [0.15, 0.2) is 0 Å². The second-order valence-corrected chi connectivity index (χ2v) is 10.2. The number of fused-ring (bicyclic) bond motifs is 1. The molecule has 1 aliphatic heterocycles.